The molecule has 0 aliphatic carbocycles. The molecule has 3 nitrogen and oxygen atoms in total. The fraction of sp³-hybridized carbons (Fsp3) is 0.500. The number of hydrogen-bond acceptors (Lipinski definition) is 3. The summed E-state index contributed by atoms with van der Waals surface area (Å²) in [6, 6.07) is 5.82. The van der Waals surface area contributed by atoms with E-state index in [0.29, 0.717) is 17.4 Å². The van der Waals surface area contributed by atoms with E-state index in [0.717, 1.165) is 0 Å². The summed E-state index contributed by atoms with van der Waals surface area (Å²) >= 11 is 0. The predicted molar refractivity (Wildman–Crippen MR) is 66.3 cm³/mol. The summed E-state index contributed by atoms with van der Waals surface area (Å²) in [6.07, 6.45) is 0.0888. The summed E-state index contributed by atoms with van der Waals surface area (Å²) in [4.78, 5) is 0. The maximum Gasteiger partial charge on any atom is 0.504 e. The lowest BCUT2D eigenvalue weighted by atomic mass is 10.0. The van der Waals surface area contributed by atoms with Gasteiger partial charge >= 0.3 is 7.69 Å². The van der Waals surface area contributed by atoms with E-state index in [2.05, 4.69) is 13.8 Å². The van der Waals surface area contributed by atoms with Crippen molar-refractivity contribution < 1.29 is 14.4 Å². The van der Waals surface area contributed by atoms with Crippen molar-refractivity contribution in [2.24, 2.45) is 0 Å². The smallest absolute Gasteiger partial charge is 0.504 e. The molecular formula is C12H19BO3. The maximum absolute atomic E-state index is 8.83. The van der Waals surface area contributed by atoms with Crippen molar-refractivity contribution >= 4 is 7.69 Å². The van der Waals surface area contributed by atoms with Gasteiger partial charge in [0.2, 0.25) is 0 Å². The van der Waals surface area contributed by atoms with Crippen LogP contribution in [0.5, 0.6) is 11.5 Å². The van der Waals surface area contributed by atoms with E-state index < -0.39 is 0 Å². The van der Waals surface area contributed by atoms with Crippen LogP contribution in [0.2, 0.25) is 0 Å². The molecule has 1 aromatic rings. The molecule has 0 radical (unpaired) electrons. The van der Waals surface area contributed by atoms with Crippen molar-refractivity contribution in [3.8, 4) is 11.5 Å². The van der Waals surface area contributed by atoms with Gasteiger partial charge in [-0.05, 0) is 37.5 Å². The molecule has 1 rings (SSSR count). The van der Waals surface area contributed by atoms with Crippen LogP contribution in [0.3, 0.4) is 0 Å². The van der Waals surface area contributed by atoms with Crippen LogP contribution in [0.4, 0.5) is 0 Å². The first-order valence-electron chi connectivity index (χ1n) is 5.58. The van der Waals surface area contributed by atoms with Crippen molar-refractivity contribution in [3.05, 3.63) is 23.8 Å². The Kier molecular flexibility index (Phi) is 4.68. The molecule has 0 aromatic heterocycles. The van der Waals surface area contributed by atoms with E-state index in [-0.39, 0.29) is 13.8 Å². The Morgan fingerprint density at radius 2 is 1.81 bits per heavy atom. The Labute approximate surface area is 97.7 Å². The maximum atomic E-state index is 8.83. The highest BCUT2D eigenvalue weighted by atomic mass is 16.5. The minimum Gasteiger partial charge on any atom is -0.536 e. The molecule has 0 spiro atoms. The largest absolute Gasteiger partial charge is 0.536 e. The summed E-state index contributed by atoms with van der Waals surface area (Å²) < 4.78 is 10.8. The van der Waals surface area contributed by atoms with Crippen LogP contribution in [-0.4, -0.2) is 18.8 Å². The molecule has 0 heterocycles. The Balaban J connectivity index is 2.99. The quantitative estimate of drug-likeness (QED) is 0.776. The molecule has 4 heteroatoms. The second kappa shape index (κ2) is 5.80. The van der Waals surface area contributed by atoms with Crippen LogP contribution in [0.15, 0.2) is 18.2 Å². The highest BCUT2D eigenvalue weighted by molar-refractivity contribution is 6.17. The lowest BCUT2D eigenvalue weighted by Crippen LogP contribution is -2.09. The van der Waals surface area contributed by atoms with Gasteiger partial charge in [0.25, 0.3) is 0 Å². The van der Waals surface area contributed by atoms with Crippen molar-refractivity contribution in [1.29, 1.82) is 0 Å². The molecule has 0 bridgehead atoms. The molecule has 1 N–H and O–H groups in total. The minimum absolute atomic E-state index is 0.0888. The van der Waals surface area contributed by atoms with Gasteiger partial charge in [-0.2, -0.15) is 0 Å². The van der Waals surface area contributed by atoms with E-state index in [1.54, 1.807) is 0 Å². The Bertz CT molecular complexity index is 337. The summed E-state index contributed by atoms with van der Waals surface area (Å²) in [5.74, 6) is 1.70. The molecule has 0 fully saturated rings. The highest BCUT2D eigenvalue weighted by Crippen LogP contribution is 2.31. The summed E-state index contributed by atoms with van der Waals surface area (Å²) in [6.45, 7) is 8.14. The molecule has 0 unspecified atom stereocenters. The summed E-state index contributed by atoms with van der Waals surface area (Å²) in [5.41, 5.74) is 1.17. The molecular weight excluding hydrogens is 203 g/mol. The summed E-state index contributed by atoms with van der Waals surface area (Å²) in [5, 5.41) is 8.83. The zero-order chi connectivity index (χ0) is 12.1. The fourth-order valence-corrected chi connectivity index (χ4v) is 1.42. The van der Waals surface area contributed by atoms with Gasteiger partial charge in [0.1, 0.15) is 5.75 Å². The number of rotatable bonds is 5. The van der Waals surface area contributed by atoms with Gasteiger partial charge in [-0.3, -0.25) is 0 Å². The number of ether oxygens (including phenoxy) is 1. The van der Waals surface area contributed by atoms with E-state index in [1.165, 1.54) is 5.56 Å². The normalized spacial score (nSPS) is 10.7. The minimum atomic E-state index is -0.337. The van der Waals surface area contributed by atoms with Gasteiger partial charge in [-0.25, -0.2) is 0 Å². The monoisotopic (exact) mass is 222 g/mol. The van der Waals surface area contributed by atoms with Crippen LogP contribution in [0.25, 0.3) is 0 Å². The van der Waals surface area contributed by atoms with Crippen LogP contribution >= 0.6 is 0 Å². The van der Waals surface area contributed by atoms with Crippen LogP contribution in [-0.2, 0) is 0 Å². The van der Waals surface area contributed by atoms with Gasteiger partial charge in [0.15, 0.2) is 5.75 Å². The van der Waals surface area contributed by atoms with Gasteiger partial charge in [-0.1, -0.05) is 19.9 Å². The SMILES string of the molecule is CC(C)Oc1ccc(C(C)C)cc1OBO. The average Bonchev–Trinajstić information content (AvgIpc) is 2.20. The van der Waals surface area contributed by atoms with Crippen molar-refractivity contribution in [1.82, 2.24) is 0 Å². The molecule has 0 atom stereocenters. The first-order valence-corrected chi connectivity index (χ1v) is 5.58. The molecule has 0 aliphatic rings. The van der Waals surface area contributed by atoms with Crippen molar-refractivity contribution in [2.45, 2.75) is 39.7 Å². The van der Waals surface area contributed by atoms with Crippen molar-refractivity contribution in [2.75, 3.05) is 0 Å². The molecule has 0 saturated heterocycles. The van der Waals surface area contributed by atoms with E-state index in [9.17, 15) is 0 Å². The van der Waals surface area contributed by atoms with E-state index in [1.807, 2.05) is 32.0 Å². The number of hydrogen-bond donors (Lipinski definition) is 1. The first-order chi connectivity index (χ1) is 7.54. The predicted octanol–water partition coefficient (Wildman–Crippen LogP) is 2.23. The zero-order valence-corrected chi connectivity index (χ0v) is 10.4. The first kappa shape index (κ1) is 12.9. The molecule has 0 amide bonds. The van der Waals surface area contributed by atoms with E-state index in [4.69, 9.17) is 14.4 Å². The Hall–Kier alpha value is -1.16. The van der Waals surface area contributed by atoms with Crippen LogP contribution in [0, 0.1) is 0 Å². The molecule has 88 valence electrons. The molecule has 0 saturated carbocycles. The highest BCUT2D eigenvalue weighted by Gasteiger charge is 2.09. The van der Waals surface area contributed by atoms with E-state index >= 15 is 0 Å². The molecule has 16 heavy (non-hydrogen) atoms. The van der Waals surface area contributed by atoms with Gasteiger partial charge in [-0.15, -0.1) is 0 Å². The molecule has 0 aliphatic heterocycles. The Morgan fingerprint density at radius 3 is 2.31 bits per heavy atom. The fourth-order valence-electron chi connectivity index (χ4n) is 1.42. The lowest BCUT2D eigenvalue weighted by Gasteiger charge is -2.16. The Morgan fingerprint density at radius 1 is 1.12 bits per heavy atom. The second-order valence-corrected chi connectivity index (χ2v) is 4.30. The van der Waals surface area contributed by atoms with Gasteiger partial charge in [0.05, 0.1) is 6.10 Å². The topological polar surface area (TPSA) is 38.7 Å². The van der Waals surface area contributed by atoms with Gasteiger partial charge in [0, 0.05) is 0 Å². The average molecular weight is 222 g/mol. The third-order valence-corrected chi connectivity index (χ3v) is 2.22. The third-order valence-electron chi connectivity index (χ3n) is 2.22. The summed E-state index contributed by atoms with van der Waals surface area (Å²) in [7, 11) is -0.337. The lowest BCUT2D eigenvalue weighted by molar-refractivity contribution is 0.235. The standard InChI is InChI=1S/C12H19BO3/c1-8(2)10-5-6-11(15-9(3)4)12(7-10)16-13-14/h5-9,13-14H,1-4H3. The molecule has 1 aromatic carbocycles. The third kappa shape index (κ3) is 3.45. The van der Waals surface area contributed by atoms with Crippen molar-refractivity contribution in [3.63, 3.8) is 0 Å². The van der Waals surface area contributed by atoms with Crippen LogP contribution < -0.4 is 9.39 Å². The second-order valence-electron chi connectivity index (χ2n) is 4.30. The zero-order valence-electron chi connectivity index (χ0n) is 10.4. The van der Waals surface area contributed by atoms with Gasteiger partial charge < -0.3 is 14.4 Å². The van der Waals surface area contributed by atoms with Crippen LogP contribution in [0.1, 0.15) is 39.2 Å². The number of benzene rings is 1.